The Hall–Kier alpha value is -2.51. The highest BCUT2D eigenvalue weighted by Crippen LogP contribution is 2.17. The zero-order valence-corrected chi connectivity index (χ0v) is 15.9. The molecule has 8 heteroatoms. The number of benzene rings is 2. The zero-order chi connectivity index (χ0) is 18.9. The average Bonchev–Trinajstić information content (AvgIpc) is 2.81. The fourth-order valence-electron chi connectivity index (χ4n) is 2.68. The molecule has 1 N–H and O–H groups in total. The maximum Gasteiger partial charge on any atom is 0.296 e. The summed E-state index contributed by atoms with van der Waals surface area (Å²) >= 11 is 5.82. The van der Waals surface area contributed by atoms with E-state index in [1.54, 1.807) is 55.1 Å². The highest BCUT2D eigenvalue weighted by molar-refractivity contribution is 7.91. The Kier molecular flexibility index (Phi) is 4.93. The van der Waals surface area contributed by atoms with Crippen molar-refractivity contribution < 1.29 is 8.42 Å². The summed E-state index contributed by atoms with van der Waals surface area (Å²) in [6, 6.07) is 15.6. The van der Waals surface area contributed by atoms with Gasteiger partial charge in [0.2, 0.25) is 10.0 Å². The molecular weight excluding hydrogens is 374 g/mol. The van der Waals surface area contributed by atoms with E-state index in [9.17, 15) is 13.2 Å². The van der Waals surface area contributed by atoms with Crippen molar-refractivity contribution in [2.75, 3.05) is 4.72 Å². The van der Waals surface area contributed by atoms with Crippen LogP contribution in [-0.2, 0) is 22.8 Å². The second-order valence-electron chi connectivity index (χ2n) is 5.92. The fourth-order valence-corrected chi connectivity index (χ4v) is 4.05. The van der Waals surface area contributed by atoms with Gasteiger partial charge in [0.15, 0.2) is 0 Å². The quantitative estimate of drug-likeness (QED) is 0.726. The maximum absolute atomic E-state index is 12.8. The standard InChI is InChI=1S/C18H18ClN3O3S/c1-13-17(18(23)22(21(13)2)16-6-4-3-5-7-16)20-26(24,25)12-14-8-10-15(19)11-9-14/h3-11,20H,12H2,1-2H3. The van der Waals surface area contributed by atoms with Gasteiger partial charge in [0, 0.05) is 12.1 Å². The molecule has 0 saturated carbocycles. The molecule has 26 heavy (non-hydrogen) atoms. The Balaban J connectivity index is 1.95. The Labute approximate surface area is 156 Å². The molecule has 2 aromatic carbocycles. The molecule has 3 aromatic rings. The van der Waals surface area contributed by atoms with E-state index in [-0.39, 0.29) is 11.4 Å². The third-order valence-corrected chi connectivity index (χ3v) is 5.56. The van der Waals surface area contributed by atoms with Crippen molar-refractivity contribution in [3.8, 4) is 5.69 Å². The first kappa shape index (κ1) is 18.3. The second-order valence-corrected chi connectivity index (χ2v) is 8.08. The number of nitrogens with zero attached hydrogens (tertiary/aromatic N) is 2. The molecule has 3 rings (SSSR count). The number of halogens is 1. The highest BCUT2D eigenvalue weighted by atomic mass is 35.5. The van der Waals surface area contributed by atoms with Gasteiger partial charge < -0.3 is 0 Å². The summed E-state index contributed by atoms with van der Waals surface area (Å²) in [6.07, 6.45) is 0. The minimum Gasteiger partial charge on any atom is -0.283 e. The van der Waals surface area contributed by atoms with Crippen molar-refractivity contribution in [3.05, 3.63) is 81.2 Å². The molecule has 0 bridgehead atoms. The van der Waals surface area contributed by atoms with Crippen molar-refractivity contribution in [2.45, 2.75) is 12.7 Å². The van der Waals surface area contributed by atoms with Crippen LogP contribution in [0, 0.1) is 6.92 Å². The second kappa shape index (κ2) is 7.01. The van der Waals surface area contributed by atoms with Crippen LogP contribution in [0.4, 0.5) is 5.69 Å². The van der Waals surface area contributed by atoms with Gasteiger partial charge in [-0.05, 0) is 36.8 Å². The first-order chi connectivity index (χ1) is 12.3. The van der Waals surface area contributed by atoms with Gasteiger partial charge in [-0.15, -0.1) is 0 Å². The molecule has 0 unspecified atom stereocenters. The van der Waals surface area contributed by atoms with Crippen LogP contribution in [0.5, 0.6) is 0 Å². The largest absolute Gasteiger partial charge is 0.296 e. The number of nitrogens with one attached hydrogen (secondary N) is 1. The maximum atomic E-state index is 12.8. The molecule has 6 nitrogen and oxygen atoms in total. The summed E-state index contributed by atoms with van der Waals surface area (Å²) in [4.78, 5) is 12.8. The molecular formula is C18H18ClN3O3S. The number of anilines is 1. The van der Waals surface area contributed by atoms with Crippen LogP contribution in [0.15, 0.2) is 59.4 Å². The molecule has 0 aliphatic carbocycles. The summed E-state index contributed by atoms with van der Waals surface area (Å²) in [5, 5.41) is 0.531. The summed E-state index contributed by atoms with van der Waals surface area (Å²) in [7, 11) is -2.04. The summed E-state index contributed by atoms with van der Waals surface area (Å²) in [6.45, 7) is 1.70. The average molecular weight is 392 g/mol. The molecule has 0 fully saturated rings. The van der Waals surface area contributed by atoms with E-state index >= 15 is 0 Å². The lowest BCUT2D eigenvalue weighted by Crippen LogP contribution is -2.23. The van der Waals surface area contributed by atoms with E-state index in [0.29, 0.717) is 22.0 Å². The van der Waals surface area contributed by atoms with Gasteiger partial charge in [0.25, 0.3) is 5.56 Å². The number of para-hydroxylation sites is 1. The van der Waals surface area contributed by atoms with E-state index in [0.717, 1.165) is 0 Å². The first-order valence-corrected chi connectivity index (χ1v) is 9.90. The van der Waals surface area contributed by atoms with Crippen LogP contribution < -0.4 is 10.3 Å². The van der Waals surface area contributed by atoms with Crippen LogP contribution in [-0.4, -0.2) is 17.8 Å². The topological polar surface area (TPSA) is 73.1 Å². The number of hydrogen-bond acceptors (Lipinski definition) is 3. The van der Waals surface area contributed by atoms with E-state index in [4.69, 9.17) is 11.6 Å². The Bertz CT molecular complexity index is 1090. The zero-order valence-electron chi connectivity index (χ0n) is 14.3. The number of aromatic nitrogens is 2. The summed E-state index contributed by atoms with van der Waals surface area (Å²) in [5.41, 5.74) is 1.39. The van der Waals surface area contributed by atoms with E-state index in [1.165, 1.54) is 4.68 Å². The van der Waals surface area contributed by atoms with Crippen LogP contribution >= 0.6 is 11.6 Å². The predicted molar refractivity (Wildman–Crippen MR) is 103 cm³/mol. The molecule has 0 aliphatic rings. The smallest absolute Gasteiger partial charge is 0.283 e. The molecule has 0 amide bonds. The van der Waals surface area contributed by atoms with Crippen LogP contribution in [0.3, 0.4) is 0 Å². The minimum absolute atomic E-state index is 0.0466. The molecule has 0 aliphatic heterocycles. The van der Waals surface area contributed by atoms with Crippen molar-refractivity contribution in [1.29, 1.82) is 0 Å². The van der Waals surface area contributed by atoms with Crippen LogP contribution in [0.2, 0.25) is 5.02 Å². The molecule has 0 atom stereocenters. The lowest BCUT2D eigenvalue weighted by atomic mass is 10.2. The lowest BCUT2D eigenvalue weighted by Gasteiger charge is -2.07. The molecule has 0 spiro atoms. The first-order valence-electron chi connectivity index (χ1n) is 7.87. The predicted octanol–water partition coefficient (Wildman–Crippen LogP) is 3.08. The molecule has 0 radical (unpaired) electrons. The van der Waals surface area contributed by atoms with Crippen molar-refractivity contribution >= 4 is 27.3 Å². The van der Waals surface area contributed by atoms with Gasteiger partial charge in [0.1, 0.15) is 5.69 Å². The van der Waals surface area contributed by atoms with Gasteiger partial charge in [0.05, 0.1) is 17.1 Å². The van der Waals surface area contributed by atoms with E-state index in [1.807, 2.05) is 18.2 Å². The van der Waals surface area contributed by atoms with Gasteiger partial charge in [-0.3, -0.25) is 14.2 Å². The third kappa shape index (κ3) is 3.68. The van der Waals surface area contributed by atoms with E-state index in [2.05, 4.69) is 4.72 Å². The van der Waals surface area contributed by atoms with Gasteiger partial charge >= 0.3 is 0 Å². The summed E-state index contributed by atoms with van der Waals surface area (Å²) < 4.78 is 30.5. The highest BCUT2D eigenvalue weighted by Gasteiger charge is 2.21. The lowest BCUT2D eigenvalue weighted by molar-refractivity contribution is 0.600. The molecule has 1 heterocycles. The van der Waals surface area contributed by atoms with Crippen molar-refractivity contribution in [2.24, 2.45) is 7.05 Å². The van der Waals surface area contributed by atoms with Crippen molar-refractivity contribution in [1.82, 2.24) is 9.36 Å². The molecule has 1 aromatic heterocycles. The normalized spacial score (nSPS) is 11.5. The monoisotopic (exact) mass is 391 g/mol. The third-order valence-electron chi connectivity index (χ3n) is 4.08. The Morgan fingerprint density at radius 2 is 1.65 bits per heavy atom. The fraction of sp³-hybridized carbons (Fsp3) is 0.167. The van der Waals surface area contributed by atoms with Crippen molar-refractivity contribution in [3.63, 3.8) is 0 Å². The summed E-state index contributed by atoms with van der Waals surface area (Å²) in [5.74, 6) is -0.247. The van der Waals surface area contributed by atoms with E-state index < -0.39 is 15.6 Å². The minimum atomic E-state index is -3.75. The van der Waals surface area contributed by atoms with Crippen LogP contribution in [0.1, 0.15) is 11.3 Å². The van der Waals surface area contributed by atoms with Gasteiger partial charge in [-0.1, -0.05) is 41.9 Å². The molecule has 0 saturated heterocycles. The number of sulfonamides is 1. The number of hydrogen-bond donors (Lipinski definition) is 1. The van der Waals surface area contributed by atoms with Gasteiger partial charge in [-0.2, -0.15) is 0 Å². The Morgan fingerprint density at radius 3 is 2.27 bits per heavy atom. The van der Waals surface area contributed by atoms with Gasteiger partial charge in [-0.25, -0.2) is 13.1 Å². The Morgan fingerprint density at radius 1 is 1.04 bits per heavy atom. The van der Waals surface area contributed by atoms with Crippen LogP contribution in [0.25, 0.3) is 5.69 Å². The molecule has 136 valence electrons. The number of rotatable bonds is 5. The SMILES string of the molecule is Cc1c(NS(=O)(=O)Cc2ccc(Cl)cc2)c(=O)n(-c2ccccc2)n1C.